The van der Waals surface area contributed by atoms with Gasteiger partial charge in [-0.2, -0.15) is 0 Å². The predicted molar refractivity (Wildman–Crippen MR) is 121 cm³/mol. The van der Waals surface area contributed by atoms with Crippen molar-refractivity contribution in [3.8, 4) is 11.4 Å². The van der Waals surface area contributed by atoms with E-state index in [2.05, 4.69) is 15.3 Å². The molecular formula is C24H19F2N5O2S. The molecule has 0 saturated heterocycles. The summed E-state index contributed by atoms with van der Waals surface area (Å²) >= 11 is 1.42. The van der Waals surface area contributed by atoms with Gasteiger partial charge in [0.2, 0.25) is 0 Å². The summed E-state index contributed by atoms with van der Waals surface area (Å²) in [4.78, 5) is 5.73. The number of thiazole rings is 1. The maximum Gasteiger partial charge on any atom is 0.167 e. The lowest BCUT2D eigenvalue weighted by molar-refractivity contribution is 0.208. The van der Waals surface area contributed by atoms with Gasteiger partial charge in [-0.3, -0.25) is 4.40 Å². The number of aliphatic hydroxyl groups is 1. The van der Waals surface area contributed by atoms with Gasteiger partial charge in [-0.1, -0.05) is 35.5 Å². The number of hydrogen-bond acceptors (Lipinski definition) is 6. The van der Waals surface area contributed by atoms with Crippen molar-refractivity contribution in [1.29, 1.82) is 0 Å². The fourth-order valence-electron chi connectivity index (χ4n) is 3.94. The van der Waals surface area contributed by atoms with Crippen molar-refractivity contribution < 1.29 is 18.6 Å². The van der Waals surface area contributed by atoms with Crippen molar-refractivity contribution in [2.24, 2.45) is 0 Å². The van der Waals surface area contributed by atoms with Crippen LogP contribution in [-0.4, -0.2) is 35.7 Å². The Kier molecular flexibility index (Phi) is 5.11. The third-order valence-electron chi connectivity index (χ3n) is 5.85. The van der Waals surface area contributed by atoms with E-state index < -0.39 is 18.1 Å². The van der Waals surface area contributed by atoms with E-state index >= 15 is 0 Å². The zero-order valence-corrected chi connectivity index (χ0v) is 18.6. The van der Waals surface area contributed by atoms with Crippen molar-refractivity contribution >= 4 is 16.2 Å². The second-order valence-electron chi connectivity index (χ2n) is 8.19. The first-order valence-corrected chi connectivity index (χ1v) is 11.6. The van der Waals surface area contributed by atoms with Crippen LogP contribution < -0.4 is 4.74 Å². The van der Waals surface area contributed by atoms with Crippen molar-refractivity contribution in [3.63, 3.8) is 0 Å². The number of hydrogen-bond donors (Lipinski definition) is 1. The highest BCUT2D eigenvalue weighted by Gasteiger charge is 2.43. The molecule has 0 amide bonds. The van der Waals surface area contributed by atoms with Gasteiger partial charge in [-0.25, -0.2) is 18.4 Å². The molecule has 3 unspecified atom stereocenters. The predicted octanol–water partition coefficient (Wildman–Crippen LogP) is 4.60. The molecule has 0 aliphatic heterocycles. The molecule has 3 heterocycles. The maximum atomic E-state index is 14.7. The van der Waals surface area contributed by atoms with Crippen LogP contribution in [0.1, 0.15) is 40.3 Å². The molecule has 34 heavy (non-hydrogen) atoms. The number of aliphatic hydroxyl groups excluding tert-OH is 1. The lowest BCUT2D eigenvalue weighted by Gasteiger charge is -2.10. The second-order valence-corrected chi connectivity index (χ2v) is 9.25. The summed E-state index contributed by atoms with van der Waals surface area (Å²) < 4.78 is 37.2. The smallest absolute Gasteiger partial charge is 0.167 e. The van der Waals surface area contributed by atoms with Gasteiger partial charge in [-0.05, 0) is 24.1 Å². The Hall–Kier alpha value is -3.63. The highest BCUT2D eigenvalue weighted by atomic mass is 32.1. The maximum absolute atomic E-state index is 14.7. The van der Waals surface area contributed by atoms with Crippen molar-refractivity contribution in [1.82, 2.24) is 24.4 Å². The highest BCUT2D eigenvalue weighted by molar-refractivity contribution is 7.17. The SMILES string of the molecule is OC(c1cn(-c2ccc(OCc3ccccc3)c(F)c2)nn1)c1c(C2CC2F)sc2cncn12. The van der Waals surface area contributed by atoms with E-state index in [9.17, 15) is 13.9 Å². The average molecular weight is 480 g/mol. The van der Waals surface area contributed by atoms with Gasteiger partial charge in [0.05, 0.1) is 23.8 Å². The van der Waals surface area contributed by atoms with Crippen LogP contribution in [0.2, 0.25) is 0 Å². The Labute approximate surface area is 196 Å². The molecule has 0 bridgehead atoms. The Morgan fingerprint density at radius 1 is 1.21 bits per heavy atom. The van der Waals surface area contributed by atoms with Gasteiger partial charge in [0.25, 0.3) is 0 Å². The van der Waals surface area contributed by atoms with Crippen LogP contribution in [-0.2, 0) is 6.61 Å². The molecule has 10 heteroatoms. The summed E-state index contributed by atoms with van der Waals surface area (Å²) in [5, 5.41) is 19.3. The number of benzene rings is 2. The van der Waals surface area contributed by atoms with Gasteiger partial charge in [-0.15, -0.1) is 16.4 Å². The molecule has 6 rings (SSSR count). The molecule has 1 aliphatic rings. The van der Waals surface area contributed by atoms with E-state index in [0.29, 0.717) is 17.8 Å². The third kappa shape index (κ3) is 3.74. The molecular weight excluding hydrogens is 460 g/mol. The summed E-state index contributed by atoms with van der Waals surface area (Å²) in [7, 11) is 0. The first-order valence-electron chi connectivity index (χ1n) is 10.7. The normalized spacial score (nSPS) is 18.3. The molecule has 1 fully saturated rings. The van der Waals surface area contributed by atoms with Gasteiger partial charge in [0.1, 0.15) is 35.7 Å². The zero-order chi connectivity index (χ0) is 23.2. The van der Waals surface area contributed by atoms with Crippen LogP contribution in [0.4, 0.5) is 8.78 Å². The number of halogens is 2. The molecule has 0 radical (unpaired) electrons. The van der Waals surface area contributed by atoms with Gasteiger partial charge < -0.3 is 9.84 Å². The van der Waals surface area contributed by atoms with Crippen LogP contribution >= 0.6 is 11.3 Å². The summed E-state index contributed by atoms with van der Waals surface area (Å²) in [5.41, 5.74) is 2.19. The Morgan fingerprint density at radius 2 is 2.03 bits per heavy atom. The lowest BCUT2D eigenvalue weighted by Crippen LogP contribution is -2.06. The van der Waals surface area contributed by atoms with E-state index in [4.69, 9.17) is 4.74 Å². The summed E-state index contributed by atoms with van der Waals surface area (Å²) in [6.07, 6.45) is 3.23. The summed E-state index contributed by atoms with van der Waals surface area (Å²) in [6, 6.07) is 14.0. The van der Waals surface area contributed by atoms with E-state index in [1.54, 1.807) is 23.0 Å². The number of rotatable bonds is 7. The minimum atomic E-state index is -1.13. The fraction of sp³-hybridized carbons (Fsp3) is 0.208. The lowest BCUT2D eigenvalue weighted by atomic mass is 10.1. The van der Waals surface area contributed by atoms with Crippen molar-refractivity contribution in [2.75, 3.05) is 0 Å². The van der Waals surface area contributed by atoms with Crippen LogP contribution in [0.5, 0.6) is 5.75 Å². The van der Waals surface area contributed by atoms with E-state index in [-0.39, 0.29) is 24.0 Å². The first kappa shape index (κ1) is 20.9. The number of nitrogens with zero attached hydrogens (tertiary/aromatic N) is 5. The van der Waals surface area contributed by atoms with Crippen LogP contribution in [0.3, 0.4) is 0 Å². The quantitative estimate of drug-likeness (QED) is 0.369. The van der Waals surface area contributed by atoms with E-state index in [1.165, 1.54) is 34.3 Å². The van der Waals surface area contributed by atoms with Crippen LogP contribution in [0, 0.1) is 5.82 Å². The molecule has 0 spiro atoms. The van der Waals surface area contributed by atoms with Gasteiger partial charge in [0.15, 0.2) is 11.6 Å². The molecule has 1 N–H and O–H groups in total. The van der Waals surface area contributed by atoms with Crippen LogP contribution in [0.15, 0.2) is 67.3 Å². The average Bonchev–Trinajstić information content (AvgIpc) is 3.23. The molecule has 1 aliphatic carbocycles. The molecule has 5 aromatic rings. The molecule has 3 aromatic heterocycles. The molecule has 7 nitrogen and oxygen atoms in total. The number of fused-ring (bicyclic) bond motifs is 1. The minimum Gasteiger partial charge on any atom is -0.486 e. The van der Waals surface area contributed by atoms with Crippen molar-refractivity contribution in [3.05, 3.63) is 94.9 Å². The second kappa shape index (κ2) is 8.30. The molecule has 2 aromatic carbocycles. The van der Waals surface area contributed by atoms with Gasteiger partial charge >= 0.3 is 0 Å². The third-order valence-corrected chi connectivity index (χ3v) is 7.09. The molecule has 3 atom stereocenters. The Morgan fingerprint density at radius 3 is 2.79 bits per heavy atom. The number of alkyl halides is 1. The van der Waals surface area contributed by atoms with Crippen LogP contribution in [0.25, 0.3) is 10.5 Å². The monoisotopic (exact) mass is 479 g/mol. The Bertz CT molecular complexity index is 1460. The molecule has 1 saturated carbocycles. The first-order chi connectivity index (χ1) is 16.6. The summed E-state index contributed by atoms with van der Waals surface area (Å²) in [5.74, 6) is -0.625. The minimum absolute atomic E-state index is 0.128. The van der Waals surface area contributed by atoms with E-state index in [0.717, 1.165) is 15.3 Å². The largest absolute Gasteiger partial charge is 0.486 e. The number of aromatic nitrogens is 5. The molecule has 172 valence electrons. The number of imidazole rings is 1. The fourth-order valence-corrected chi connectivity index (χ4v) is 5.24. The number of ether oxygens (including phenoxy) is 1. The Balaban J connectivity index is 1.24. The standard InChI is InChI=1S/C24H19F2N5O2S/c25-17-9-16(17)24-22(30-13-27-10-21(30)34-24)23(32)19-11-31(29-28-19)15-6-7-20(18(26)8-15)33-12-14-4-2-1-3-5-14/h1-8,10-11,13,16-17,23,32H,9,12H2. The highest BCUT2D eigenvalue weighted by Crippen LogP contribution is 2.49. The topological polar surface area (TPSA) is 77.5 Å². The van der Waals surface area contributed by atoms with Gasteiger partial charge in [0, 0.05) is 16.9 Å². The van der Waals surface area contributed by atoms with Crippen molar-refractivity contribution in [2.45, 2.75) is 31.2 Å². The summed E-state index contributed by atoms with van der Waals surface area (Å²) in [6.45, 7) is 0.253. The van der Waals surface area contributed by atoms with E-state index in [1.807, 2.05) is 30.3 Å². The zero-order valence-electron chi connectivity index (χ0n) is 17.8.